The molecule has 0 bridgehead atoms. The van der Waals surface area contributed by atoms with Crippen LogP contribution in [0.1, 0.15) is 28.0 Å². The molecule has 5 heteroatoms. The van der Waals surface area contributed by atoms with E-state index in [1.54, 1.807) is 24.3 Å². The van der Waals surface area contributed by atoms with E-state index in [-0.39, 0.29) is 5.97 Å². The Morgan fingerprint density at radius 2 is 1.95 bits per heavy atom. The lowest BCUT2D eigenvalue weighted by atomic mass is 10.2. The average molecular weight is 270 g/mol. The Kier molecular flexibility index (Phi) is 3.33. The van der Waals surface area contributed by atoms with E-state index in [2.05, 4.69) is 14.7 Å². The molecule has 0 N–H and O–H groups in total. The number of aromatic nitrogens is 2. The van der Waals surface area contributed by atoms with Crippen LogP contribution in [0.5, 0.6) is 11.6 Å². The fraction of sp³-hybridized carbons (Fsp3) is 0.267. The van der Waals surface area contributed by atoms with Gasteiger partial charge in [-0.1, -0.05) is 0 Å². The second kappa shape index (κ2) is 5.28. The maximum absolute atomic E-state index is 11.4. The lowest BCUT2D eigenvalue weighted by Crippen LogP contribution is -2.01. The maximum Gasteiger partial charge on any atom is 0.337 e. The Hall–Kier alpha value is -2.43. The Balaban J connectivity index is 1.82. The van der Waals surface area contributed by atoms with Crippen molar-refractivity contribution in [1.82, 2.24) is 9.97 Å². The Bertz CT molecular complexity index is 638. The molecule has 0 saturated heterocycles. The van der Waals surface area contributed by atoms with Gasteiger partial charge in [0, 0.05) is 5.56 Å². The van der Waals surface area contributed by atoms with Gasteiger partial charge in [-0.25, -0.2) is 14.8 Å². The molecule has 0 spiro atoms. The fourth-order valence-electron chi connectivity index (χ4n) is 2.31. The number of carbonyl (C=O) groups excluding carboxylic acids is 1. The molecule has 0 aliphatic heterocycles. The number of benzene rings is 1. The van der Waals surface area contributed by atoms with E-state index in [1.165, 1.54) is 13.4 Å². The van der Waals surface area contributed by atoms with Crippen LogP contribution in [-0.4, -0.2) is 23.0 Å². The van der Waals surface area contributed by atoms with Gasteiger partial charge in [-0.05, 0) is 43.5 Å². The van der Waals surface area contributed by atoms with Crippen molar-refractivity contribution in [1.29, 1.82) is 0 Å². The van der Waals surface area contributed by atoms with E-state index in [0.29, 0.717) is 17.2 Å². The van der Waals surface area contributed by atoms with Crippen molar-refractivity contribution < 1.29 is 14.3 Å². The molecule has 0 atom stereocenters. The molecule has 3 rings (SSSR count). The van der Waals surface area contributed by atoms with E-state index in [9.17, 15) is 4.79 Å². The highest BCUT2D eigenvalue weighted by molar-refractivity contribution is 5.89. The van der Waals surface area contributed by atoms with Crippen molar-refractivity contribution in [3.63, 3.8) is 0 Å². The summed E-state index contributed by atoms with van der Waals surface area (Å²) in [6.45, 7) is 0. The van der Waals surface area contributed by atoms with Crippen molar-refractivity contribution in [3.05, 3.63) is 47.4 Å². The van der Waals surface area contributed by atoms with Crippen LogP contribution in [0.2, 0.25) is 0 Å². The second-order valence-corrected chi connectivity index (χ2v) is 4.58. The topological polar surface area (TPSA) is 61.3 Å². The van der Waals surface area contributed by atoms with Crippen LogP contribution in [0.3, 0.4) is 0 Å². The first-order valence-corrected chi connectivity index (χ1v) is 6.47. The fourth-order valence-corrected chi connectivity index (χ4v) is 2.31. The van der Waals surface area contributed by atoms with E-state index in [1.807, 2.05) is 0 Å². The minimum atomic E-state index is -0.362. The van der Waals surface area contributed by atoms with E-state index >= 15 is 0 Å². The van der Waals surface area contributed by atoms with Crippen LogP contribution < -0.4 is 4.74 Å². The quantitative estimate of drug-likeness (QED) is 0.802. The first-order valence-electron chi connectivity index (χ1n) is 6.47. The third-order valence-electron chi connectivity index (χ3n) is 3.33. The monoisotopic (exact) mass is 270 g/mol. The molecular weight excluding hydrogens is 256 g/mol. The molecule has 0 unspecified atom stereocenters. The van der Waals surface area contributed by atoms with Gasteiger partial charge in [0.1, 0.15) is 12.1 Å². The number of rotatable bonds is 3. The summed E-state index contributed by atoms with van der Waals surface area (Å²) in [6, 6.07) is 6.80. The summed E-state index contributed by atoms with van der Waals surface area (Å²) in [5.41, 5.74) is 2.65. The van der Waals surface area contributed by atoms with Crippen LogP contribution in [-0.2, 0) is 17.6 Å². The van der Waals surface area contributed by atoms with Crippen LogP contribution in [0.25, 0.3) is 0 Å². The average Bonchev–Trinajstić information content (AvgIpc) is 2.97. The van der Waals surface area contributed by atoms with E-state index < -0.39 is 0 Å². The molecule has 102 valence electrons. The maximum atomic E-state index is 11.4. The van der Waals surface area contributed by atoms with Crippen LogP contribution in [0.15, 0.2) is 30.6 Å². The highest BCUT2D eigenvalue weighted by Crippen LogP contribution is 2.30. The van der Waals surface area contributed by atoms with Gasteiger partial charge in [-0.2, -0.15) is 0 Å². The normalized spacial score (nSPS) is 12.8. The summed E-state index contributed by atoms with van der Waals surface area (Å²) < 4.78 is 10.4. The van der Waals surface area contributed by atoms with Crippen molar-refractivity contribution in [2.45, 2.75) is 19.3 Å². The minimum absolute atomic E-state index is 0.362. The number of aryl methyl sites for hydroxylation is 1. The number of hydrogen-bond acceptors (Lipinski definition) is 5. The van der Waals surface area contributed by atoms with Gasteiger partial charge < -0.3 is 9.47 Å². The number of carbonyl (C=O) groups is 1. The molecule has 0 saturated carbocycles. The standard InChI is InChI=1S/C15H14N2O3/c1-19-15(18)10-5-7-11(8-6-10)20-14-12-3-2-4-13(12)16-9-17-14/h5-9H,2-4H2,1H3. The van der Waals surface area contributed by atoms with Crippen molar-refractivity contribution in [3.8, 4) is 11.6 Å². The molecule has 1 aliphatic rings. The smallest absolute Gasteiger partial charge is 0.337 e. The van der Waals surface area contributed by atoms with E-state index in [4.69, 9.17) is 4.74 Å². The summed E-state index contributed by atoms with van der Waals surface area (Å²) in [7, 11) is 1.36. The number of fused-ring (bicyclic) bond motifs is 1. The summed E-state index contributed by atoms with van der Waals surface area (Å²) in [4.78, 5) is 19.8. The van der Waals surface area contributed by atoms with Gasteiger partial charge in [0.2, 0.25) is 5.88 Å². The number of hydrogen-bond donors (Lipinski definition) is 0. The summed E-state index contributed by atoms with van der Waals surface area (Å²) in [5, 5.41) is 0. The number of ether oxygens (including phenoxy) is 2. The van der Waals surface area contributed by atoms with Gasteiger partial charge in [-0.3, -0.25) is 0 Å². The molecule has 0 radical (unpaired) electrons. The van der Waals surface area contributed by atoms with Crippen LogP contribution in [0, 0.1) is 0 Å². The summed E-state index contributed by atoms with van der Waals surface area (Å²) in [5.74, 6) is 0.892. The van der Waals surface area contributed by atoms with Crippen molar-refractivity contribution in [2.75, 3.05) is 7.11 Å². The number of methoxy groups -OCH3 is 1. The molecule has 0 fully saturated rings. The molecule has 1 heterocycles. The zero-order chi connectivity index (χ0) is 13.9. The third-order valence-corrected chi connectivity index (χ3v) is 3.33. The zero-order valence-electron chi connectivity index (χ0n) is 11.1. The van der Waals surface area contributed by atoms with Gasteiger partial charge in [0.05, 0.1) is 18.4 Å². The van der Waals surface area contributed by atoms with E-state index in [0.717, 1.165) is 30.5 Å². The Labute approximate surface area is 116 Å². The van der Waals surface area contributed by atoms with Crippen molar-refractivity contribution >= 4 is 5.97 Å². The lowest BCUT2D eigenvalue weighted by molar-refractivity contribution is 0.0600. The van der Waals surface area contributed by atoms with Gasteiger partial charge in [0.15, 0.2) is 0 Å². The lowest BCUT2D eigenvalue weighted by Gasteiger charge is -2.08. The second-order valence-electron chi connectivity index (χ2n) is 4.58. The molecule has 0 amide bonds. The molecule has 1 aliphatic carbocycles. The van der Waals surface area contributed by atoms with Crippen LogP contribution in [0.4, 0.5) is 0 Å². The minimum Gasteiger partial charge on any atom is -0.465 e. The van der Waals surface area contributed by atoms with Gasteiger partial charge in [0.25, 0.3) is 0 Å². The highest BCUT2D eigenvalue weighted by atomic mass is 16.5. The Morgan fingerprint density at radius 1 is 1.15 bits per heavy atom. The predicted molar refractivity (Wildman–Crippen MR) is 71.9 cm³/mol. The summed E-state index contributed by atoms with van der Waals surface area (Å²) in [6.07, 6.45) is 4.55. The van der Waals surface area contributed by atoms with Crippen molar-refractivity contribution in [2.24, 2.45) is 0 Å². The zero-order valence-corrected chi connectivity index (χ0v) is 11.1. The summed E-state index contributed by atoms with van der Waals surface area (Å²) >= 11 is 0. The number of nitrogens with zero attached hydrogens (tertiary/aromatic N) is 2. The molecule has 20 heavy (non-hydrogen) atoms. The molecule has 5 nitrogen and oxygen atoms in total. The SMILES string of the molecule is COC(=O)c1ccc(Oc2ncnc3c2CCC3)cc1. The molecular formula is C15H14N2O3. The van der Waals surface area contributed by atoms with Gasteiger partial charge in [-0.15, -0.1) is 0 Å². The molecule has 2 aromatic rings. The first kappa shape index (κ1) is 12.6. The molecule has 1 aromatic heterocycles. The molecule has 1 aromatic carbocycles. The third kappa shape index (κ3) is 2.34. The largest absolute Gasteiger partial charge is 0.465 e. The highest BCUT2D eigenvalue weighted by Gasteiger charge is 2.18. The van der Waals surface area contributed by atoms with Crippen LogP contribution >= 0.6 is 0 Å². The van der Waals surface area contributed by atoms with Gasteiger partial charge >= 0.3 is 5.97 Å². The predicted octanol–water partition coefficient (Wildman–Crippen LogP) is 2.54. The number of esters is 1. The Morgan fingerprint density at radius 3 is 2.70 bits per heavy atom. The first-order chi connectivity index (χ1) is 9.78.